The van der Waals surface area contributed by atoms with Crippen LogP contribution in [0.2, 0.25) is 0 Å². The SMILES string of the molecule is Cc1nn(C)c(C)c1CC(=O)Nc1nc(C(F)(F)F)cs1. The molecule has 2 rings (SSSR count). The van der Waals surface area contributed by atoms with Crippen LogP contribution in [0.4, 0.5) is 18.3 Å². The zero-order valence-corrected chi connectivity index (χ0v) is 12.4. The quantitative estimate of drug-likeness (QED) is 0.946. The van der Waals surface area contributed by atoms with Gasteiger partial charge in [0.1, 0.15) is 0 Å². The molecule has 0 aliphatic heterocycles. The molecule has 0 bridgehead atoms. The van der Waals surface area contributed by atoms with Crippen LogP contribution in [-0.4, -0.2) is 20.7 Å². The highest BCUT2D eigenvalue weighted by molar-refractivity contribution is 7.13. The second-order valence-corrected chi connectivity index (χ2v) is 5.39. The van der Waals surface area contributed by atoms with Gasteiger partial charge in [-0.05, 0) is 13.8 Å². The zero-order chi connectivity index (χ0) is 15.8. The maximum absolute atomic E-state index is 12.4. The van der Waals surface area contributed by atoms with Crippen LogP contribution >= 0.6 is 11.3 Å². The third-order valence-electron chi connectivity index (χ3n) is 3.04. The van der Waals surface area contributed by atoms with Crippen LogP contribution in [0.25, 0.3) is 0 Å². The number of hydrogen-bond donors (Lipinski definition) is 1. The number of thiazole rings is 1. The Bertz CT molecular complexity index is 675. The minimum absolute atomic E-state index is 0.0481. The summed E-state index contributed by atoms with van der Waals surface area (Å²) in [6.45, 7) is 3.61. The van der Waals surface area contributed by atoms with E-state index in [0.29, 0.717) is 0 Å². The molecule has 0 unspecified atom stereocenters. The number of nitrogens with zero attached hydrogens (tertiary/aromatic N) is 3. The summed E-state index contributed by atoms with van der Waals surface area (Å²) < 4.78 is 38.9. The highest BCUT2D eigenvalue weighted by atomic mass is 32.1. The van der Waals surface area contributed by atoms with Crippen LogP contribution in [0.5, 0.6) is 0 Å². The standard InChI is InChI=1S/C12H13F3N4OS/c1-6-8(7(2)19(3)18-6)4-10(20)17-11-16-9(5-21-11)12(13,14)15/h5H,4H2,1-3H3,(H,16,17,20). The fourth-order valence-corrected chi connectivity index (χ4v) is 2.59. The van der Waals surface area contributed by atoms with E-state index < -0.39 is 17.8 Å². The third kappa shape index (κ3) is 3.41. The van der Waals surface area contributed by atoms with E-state index in [1.54, 1.807) is 18.7 Å². The van der Waals surface area contributed by atoms with Crippen LogP contribution in [0, 0.1) is 13.8 Å². The van der Waals surface area contributed by atoms with Gasteiger partial charge in [-0.15, -0.1) is 11.3 Å². The van der Waals surface area contributed by atoms with E-state index >= 15 is 0 Å². The second-order valence-electron chi connectivity index (χ2n) is 4.53. The number of nitrogens with one attached hydrogen (secondary N) is 1. The Labute approximate surface area is 122 Å². The topological polar surface area (TPSA) is 59.8 Å². The summed E-state index contributed by atoms with van der Waals surface area (Å²) in [4.78, 5) is 15.2. The molecule has 2 heterocycles. The lowest BCUT2D eigenvalue weighted by Gasteiger charge is -2.03. The van der Waals surface area contributed by atoms with Gasteiger partial charge in [-0.1, -0.05) is 0 Å². The van der Waals surface area contributed by atoms with Gasteiger partial charge < -0.3 is 5.32 Å². The fraction of sp³-hybridized carbons (Fsp3) is 0.417. The van der Waals surface area contributed by atoms with Crippen LogP contribution in [0.1, 0.15) is 22.6 Å². The molecule has 0 aliphatic carbocycles. The molecule has 114 valence electrons. The number of carbonyl (C=O) groups is 1. The maximum atomic E-state index is 12.4. The summed E-state index contributed by atoms with van der Waals surface area (Å²) in [6.07, 6.45) is -4.46. The van der Waals surface area contributed by atoms with Crippen LogP contribution in [-0.2, 0) is 24.4 Å². The van der Waals surface area contributed by atoms with E-state index in [0.717, 1.165) is 33.7 Å². The number of hydrogen-bond acceptors (Lipinski definition) is 4. The molecule has 0 atom stereocenters. The molecule has 0 saturated carbocycles. The Balaban J connectivity index is 2.07. The summed E-state index contributed by atoms with van der Waals surface area (Å²) in [5, 5.41) is 7.37. The molecular formula is C12H13F3N4OS. The molecule has 21 heavy (non-hydrogen) atoms. The van der Waals surface area contributed by atoms with Crippen molar-refractivity contribution in [3.63, 3.8) is 0 Å². The lowest BCUT2D eigenvalue weighted by atomic mass is 10.1. The molecule has 1 N–H and O–H groups in total. The van der Waals surface area contributed by atoms with Crippen molar-refractivity contribution in [2.45, 2.75) is 26.4 Å². The summed E-state index contributed by atoms with van der Waals surface area (Å²) in [7, 11) is 1.76. The minimum Gasteiger partial charge on any atom is -0.302 e. The van der Waals surface area contributed by atoms with Crippen molar-refractivity contribution in [3.8, 4) is 0 Å². The lowest BCUT2D eigenvalue weighted by molar-refractivity contribution is -0.140. The molecule has 0 spiro atoms. The van der Waals surface area contributed by atoms with E-state index in [9.17, 15) is 18.0 Å². The predicted molar refractivity (Wildman–Crippen MR) is 72.1 cm³/mol. The number of carbonyl (C=O) groups excluding carboxylic acids is 1. The van der Waals surface area contributed by atoms with Gasteiger partial charge in [-0.25, -0.2) is 4.98 Å². The number of aryl methyl sites for hydroxylation is 2. The molecule has 9 heteroatoms. The largest absolute Gasteiger partial charge is 0.434 e. The van der Waals surface area contributed by atoms with Gasteiger partial charge in [0.15, 0.2) is 10.8 Å². The third-order valence-corrected chi connectivity index (χ3v) is 3.79. The van der Waals surface area contributed by atoms with Crippen molar-refractivity contribution in [1.82, 2.24) is 14.8 Å². The molecule has 1 amide bonds. The molecule has 2 aromatic heterocycles. The Morgan fingerprint density at radius 1 is 1.43 bits per heavy atom. The second kappa shape index (κ2) is 5.47. The van der Waals surface area contributed by atoms with E-state index in [2.05, 4.69) is 15.4 Å². The first-order chi connectivity index (χ1) is 9.68. The first kappa shape index (κ1) is 15.5. The number of aromatic nitrogens is 3. The van der Waals surface area contributed by atoms with Gasteiger partial charge in [-0.2, -0.15) is 18.3 Å². The van der Waals surface area contributed by atoms with Gasteiger partial charge in [0.25, 0.3) is 0 Å². The zero-order valence-electron chi connectivity index (χ0n) is 11.6. The van der Waals surface area contributed by atoms with E-state index in [1.807, 2.05) is 6.92 Å². The monoisotopic (exact) mass is 318 g/mol. The van der Waals surface area contributed by atoms with Crippen molar-refractivity contribution in [2.75, 3.05) is 5.32 Å². The molecule has 0 aliphatic rings. The molecule has 0 aromatic carbocycles. The van der Waals surface area contributed by atoms with Crippen LogP contribution in [0.3, 0.4) is 0 Å². The highest BCUT2D eigenvalue weighted by Crippen LogP contribution is 2.31. The van der Waals surface area contributed by atoms with Crippen molar-refractivity contribution in [3.05, 3.63) is 28.0 Å². The Morgan fingerprint density at radius 3 is 2.57 bits per heavy atom. The number of rotatable bonds is 3. The average Bonchev–Trinajstić information content (AvgIpc) is 2.90. The number of anilines is 1. The number of amides is 1. The molecule has 5 nitrogen and oxygen atoms in total. The van der Waals surface area contributed by atoms with Gasteiger partial charge >= 0.3 is 6.18 Å². The molecule has 0 radical (unpaired) electrons. The lowest BCUT2D eigenvalue weighted by Crippen LogP contribution is -2.15. The minimum atomic E-state index is -4.50. The van der Waals surface area contributed by atoms with Crippen molar-refractivity contribution < 1.29 is 18.0 Å². The summed E-state index contributed by atoms with van der Waals surface area (Å²) in [5.41, 5.74) is 1.33. The highest BCUT2D eigenvalue weighted by Gasteiger charge is 2.33. The van der Waals surface area contributed by atoms with Gasteiger partial charge in [0.05, 0.1) is 12.1 Å². The van der Waals surface area contributed by atoms with Gasteiger partial charge in [0, 0.05) is 23.7 Å². The fourth-order valence-electron chi connectivity index (χ4n) is 1.86. The molecule has 0 saturated heterocycles. The predicted octanol–water partition coefficient (Wildman–Crippen LogP) is 2.69. The van der Waals surface area contributed by atoms with Crippen molar-refractivity contribution in [2.24, 2.45) is 7.05 Å². The smallest absolute Gasteiger partial charge is 0.302 e. The van der Waals surface area contributed by atoms with E-state index in [1.165, 1.54) is 0 Å². The van der Waals surface area contributed by atoms with Crippen LogP contribution in [0.15, 0.2) is 5.38 Å². The average molecular weight is 318 g/mol. The Morgan fingerprint density at radius 2 is 2.10 bits per heavy atom. The summed E-state index contributed by atoms with van der Waals surface area (Å²) in [6, 6.07) is 0. The van der Waals surface area contributed by atoms with Gasteiger partial charge in [0.2, 0.25) is 5.91 Å². The maximum Gasteiger partial charge on any atom is 0.434 e. The molecule has 0 fully saturated rings. The van der Waals surface area contributed by atoms with Crippen LogP contribution < -0.4 is 5.32 Å². The molecule has 2 aromatic rings. The van der Waals surface area contributed by atoms with E-state index in [-0.39, 0.29) is 11.6 Å². The Hall–Kier alpha value is -1.90. The summed E-state index contributed by atoms with van der Waals surface area (Å²) in [5.74, 6) is -0.419. The van der Waals surface area contributed by atoms with E-state index in [4.69, 9.17) is 0 Å². The normalized spacial score (nSPS) is 11.7. The van der Waals surface area contributed by atoms with Crippen molar-refractivity contribution in [1.29, 1.82) is 0 Å². The Kier molecular flexibility index (Phi) is 4.04. The molecular weight excluding hydrogens is 305 g/mol. The first-order valence-electron chi connectivity index (χ1n) is 6.00. The van der Waals surface area contributed by atoms with Crippen molar-refractivity contribution >= 4 is 22.4 Å². The van der Waals surface area contributed by atoms with Gasteiger partial charge in [-0.3, -0.25) is 9.48 Å². The summed E-state index contributed by atoms with van der Waals surface area (Å²) >= 11 is 0.745. The first-order valence-corrected chi connectivity index (χ1v) is 6.88. The number of alkyl halides is 3. The number of halogens is 3.